The molecule has 6 nitrogen and oxygen atoms in total. The van der Waals surface area contributed by atoms with Crippen LogP contribution in [0.3, 0.4) is 0 Å². The van der Waals surface area contributed by atoms with Gasteiger partial charge in [0.1, 0.15) is 5.76 Å². The highest BCUT2D eigenvalue weighted by Crippen LogP contribution is 2.26. The Kier molecular flexibility index (Phi) is 4.40. The summed E-state index contributed by atoms with van der Waals surface area (Å²) in [5.74, 6) is -0.0609. The number of fused-ring (bicyclic) bond motifs is 1. The number of ether oxygens (including phenoxy) is 1. The molecule has 1 aromatic heterocycles. The average molecular weight is 328 g/mol. The molecule has 0 radical (unpaired) electrons. The number of nitrogens with two attached hydrogens (primary N) is 1. The van der Waals surface area contributed by atoms with Gasteiger partial charge in [-0.25, -0.2) is 4.79 Å². The molecule has 3 rings (SSSR count). The Bertz CT molecular complexity index is 781. The second kappa shape index (κ2) is 6.49. The van der Waals surface area contributed by atoms with Gasteiger partial charge in [0.2, 0.25) is 11.7 Å². The number of amides is 1. The summed E-state index contributed by atoms with van der Waals surface area (Å²) in [6, 6.07) is 9.41. The number of benzene rings is 1. The van der Waals surface area contributed by atoms with Gasteiger partial charge < -0.3 is 14.9 Å². The van der Waals surface area contributed by atoms with Crippen molar-refractivity contribution < 1.29 is 18.7 Å². The molecular formula is C18H20N2O4. The van der Waals surface area contributed by atoms with E-state index in [1.54, 1.807) is 13.0 Å². The topological polar surface area (TPSA) is 85.8 Å². The zero-order chi connectivity index (χ0) is 17.3. The quantitative estimate of drug-likeness (QED) is 0.865. The summed E-state index contributed by atoms with van der Waals surface area (Å²) in [5.41, 5.74) is 8.62. The summed E-state index contributed by atoms with van der Waals surface area (Å²) in [6.45, 7) is 2.80. The van der Waals surface area contributed by atoms with Crippen molar-refractivity contribution >= 4 is 11.9 Å². The Morgan fingerprint density at radius 1 is 1.33 bits per heavy atom. The van der Waals surface area contributed by atoms with Crippen LogP contribution in [0.25, 0.3) is 0 Å². The van der Waals surface area contributed by atoms with Crippen LogP contribution >= 0.6 is 0 Å². The van der Waals surface area contributed by atoms with Crippen molar-refractivity contribution in [1.82, 2.24) is 4.90 Å². The van der Waals surface area contributed by atoms with E-state index in [0.717, 1.165) is 5.56 Å². The van der Waals surface area contributed by atoms with E-state index in [4.69, 9.17) is 14.9 Å². The first-order valence-electron chi connectivity index (χ1n) is 7.77. The van der Waals surface area contributed by atoms with Gasteiger partial charge in [0.15, 0.2) is 0 Å². The number of carbonyl (C=O) groups excluding carboxylic acids is 2. The molecule has 0 saturated heterocycles. The first-order valence-corrected chi connectivity index (χ1v) is 7.77. The van der Waals surface area contributed by atoms with Gasteiger partial charge in [-0.05, 0) is 30.5 Å². The number of hydrogen-bond acceptors (Lipinski definition) is 5. The van der Waals surface area contributed by atoms with Gasteiger partial charge in [-0.3, -0.25) is 9.69 Å². The second-order valence-corrected chi connectivity index (χ2v) is 6.01. The van der Waals surface area contributed by atoms with Crippen LogP contribution < -0.4 is 5.73 Å². The van der Waals surface area contributed by atoms with Gasteiger partial charge in [0, 0.05) is 12.1 Å². The van der Waals surface area contributed by atoms with Crippen LogP contribution in [0, 0.1) is 6.92 Å². The van der Waals surface area contributed by atoms with Crippen LogP contribution in [0.1, 0.15) is 33.0 Å². The van der Waals surface area contributed by atoms with E-state index in [0.29, 0.717) is 30.8 Å². The molecular weight excluding hydrogens is 308 g/mol. The van der Waals surface area contributed by atoms with Crippen molar-refractivity contribution in [3.63, 3.8) is 0 Å². The standard InChI is InChI=1S/C18H20N2O4/c1-11-7-14(24-16(11)18(22)23-2)10-20-9-13-6-4-3-5-12(13)8-15(20)17(19)21/h3-7,15H,8-10H2,1-2H3,(H2,19,21). The molecule has 24 heavy (non-hydrogen) atoms. The normalized spacial score (nSPS) is 17.3. The van der Waals surface area contributed by atoms with Gasteiger partial charge in [-0.15, -0.1) is 0 Å². The molecule has 0 spiro atoms. The van der Waals surface area contributed by atoms with Crippen molar-refractivity contribution in [2.75, 3.05) is 7.11 Å². The summed E-state index contributed by atoms with van der Waals surface area (Å²) in [5, 5.41) is 0. The van der Waals surface area contributed by atoms with Gasteiger partial charge in [0.25, 0.3) is 0 Å². The predicted molar refractivity (Wildman–Crippen MR) is 87.2 cm³/mol. The number of carbonyl (C=O) groups is 2. The van der Waals surface area contributed by atoms with Crippen LogP contribution in [0.5, 0.6) is 0 Å². The van der Waals surface area contributed by atoms with Gasteiger partial charge >= 0.3 is 5.97 Å². The molecule has 2 N–H and O–H groups in total. The number of furan rings is 1. The molecule has 1 unspecified atom stereocenters. The fourth-order valence-corrected chi connectivity index (χ4v) is 3.15. The van der Waals surface area contributed by atoms with Crippen LogP contribution in [-0.4, -0.2) is 29.9 Å². The summed E-state index contributed by atoms with van der Waals surface area (Å²) in [6.07, 6.45) is 0.578. The van der Waals surface area contributed by atoms with E-state index >= 15 is 0 Å². The first kappa shape index (κ1) is 16.3. The molecule has 1 amide bonds. The Balaban J connectivity index is 1.85. The number of aryl methyl sites for hydroxylation is 1. The van der Waals surface area contributed by atoms with Gasteiger partial charge in [-0.1, -0.05) is 24.3 Å². The third-order valence-corrected chi connectivity index (χ3v) is 4.37. The molecule has 6 heteroatoms. The lowest BCUT2D eigenvalue weighted by molar-refractivity contribution is -0.124. The number of hydrogen-bond donors (Lipinski definition) is 1. The third-order valence-electron chi connectivity index (χ3n) is 4.37. The third kappa shape index (κ3) is 3.05. The molecule has 0 aliphatic carbocycles. The average Bonchev–Trinajstić information content (AvgIpc) is 2.93. The highest BCUT2D eigenvalue weighted by Gasteiger charge is 2.31. The van der Waals surface area contributed by atoms with Crippen molar-refractivity contribution in [2.24, 2.45) is 5.73 Å². The Morgan fingerprint density at radius 2 is 2.04 bits per heavy atom. The van der Waals surface area contributed by atoms with Crippen LogP contribution in [0.4, 0.5) is 0 Å². The molecule has 0 fully saturated rings. The number of nitrogens with zero attached hydrogens (tertiary/aromatic N) is 1. The molecule has 0 saturated carbocycles. The fraction of sp³-hybridized carbons (Fsp3) is 0.333. The number of rotatable bonds is 4. The zero-order valence-electron chi connectivity index (χ0n) is 13.7. The molecule has 0 bridgehead atoms. The minimum absolute atomic E-state index is 0.195. The van der Waals surface area contributed by atoms with E-state index in [1.165, 1.54) is 12.7 Å². The Hall–Kier alpha value is -2.60. The largest absolute Gasteiger partial charge is 0.463 e. The second-order valence-electron chi connectivity index (χ2n) is 6.01. The molecule has 2 heterocycles. The number of primary amides is 1. The highest BCUT2D eigenvalue weighted by atomic mass is 16.5. The monoisotopic (exact) mass is 328 g/mol. The van der Waals surface area contributed by atoms with Crippen molar-refractivity contribution in [2.45, 2.75) is 32.5 Å². The lowest BCUT2D eigenvalue weighted by Crippen LogP contribution is -2.48. The molecule has 1 aliphatic heterocycles. The summed E-state index contributed by atoms with van der Waals surface area (Å²) < 4.78 is 10.3. The number of esters is 1. The van der Waals surface area contributed by atoms with Gasteiger partial charge in [0.05, 0.1) is 19.7 Å². The SMILES string of the molecule is COC(=O)c1oc(CN2Cc3ccccc3CC2C(N)=O)cc1C. The van der Waals surface area contributed by atoms with Crippen molar-refractivity contribution in [3.05, 3.63) is 58.5 Å². The first-order chi connectivity index (χ1) is 11.5. The van der Waals surface area contributed by atoms with E-state index in [9.17, 15) is 9.59 Å². The minimum atomic E-state index is -0.505. The molecule has 1 aromatic carbocycles. The number of methoxy groups -OCH3 is 1. The van der Waals surface area contributed by atoms with Crippen molar-refractivity contribution in [3.8, 4) is 0 Å². The summed E-state index contributed by atoms with van der Waals surface area (Å²) in [4.78, 5) is 25.5. The van der Waals surface area contributed by atoms with E-state index in [-0.39, 0.29) is 11.7 Å². The maximum absolute atomic E-state index is 11.9. The Morgan fingerprint density at radius 3 is 2.71 bits per heavy atom. The summed E-state index contributed by atoms with van der Waals surface area (Å²) in [7, 11) is 1.31. The maximum Gasteiger partial charge on any atom is 0.374 e. The summed E-state index contributed by atoms with van der Waals surface area (Å²) >= 11 is 0. The predicted octanol–water partition coefficient (Wildman–Crippen LogP) is 1.79. The molecule has 1 aliphatic rings. The molecule has 2 aromatic rings. The van der Waals surface area contributed by atoms with Crippen LogP contribution in [0.2, 0.25) is 0 Å². The molecule has 1 atom stereocenters. The Labute approximate surface area is 140 Å². The van der Waals surface area contributed by atoms with Crippen LogP contribution in [-0.2, 0) is 29.0 Å². The zero-order valence-corrected chi connectivity index (χ0v) is 13.7. The van der Waals surface area contributed by atoms with Crippen LogP contribution in [0.15, 0.2) is 34.7 Å². The van der Waals surface area contributed by atoms with E-state index in [1.807, 2.05) is 29.2 Å². The minimum Gasteiger partial charge on any atom is -0.463 e. The van der Waals surface area contributed by atoms with E-state index < -0.39 is 12.0 Å². The van der Waals surface area contributed by atoms with E-state index in [2.05, 4.69) is 0 Å². The molecule has 126 valence electrons. The smallest absolute Gasteiger partial charge is 0.374 e. The highest BCUT2D eigenvalue weighted by molar-refractivity contribution is 5.87. The van der Waals surface area contributed by atoms with Gasteiger partial charge in [-0.2, -0.15) is 0 Å². The lowest BCUT2D eigenvalue weighted by Gasteiger charge is -2.34. The lowest BCUT2D eigenvalue weighted by atomic mass is 9.93. The maximum atomic E-state index is 11.9. The fourth-order valence-electron chi connectivity index (χ4n) is 3.15. The van der Waals surface area contributed by atoms with Crippen molar-refractivity contribution in [1.29, 1.82) is 0 Å².